The highest BCUT2D eigenvalue weighted by Gasteiger charge is 2.27. The number of ether oxygens (including phenoxy) is 1. The van der Waals surface area contributed by atoms with Crippen LogP contribution in [-0.4, -0.2) is 10.2 Å². The van der Waals surface area contributed by atoms with E-state index in [1.165, 1.54) is 6.42 Å². The Labute approximate surface area is 119 Å². The van der Waals surface area contributed by atoms with Crippen LogP contribution in [0.2, 0.25) is 0 Å². The number of aryl methyl sites for hydroxylation is 1. The van der Waals surface area contributed by atoms with Crippen LogP contribution in [0.25, 0.3) is 0 Å². The molecule has 0 N–H and O–H groups in total. The quantitative estimate of drug-likeness (QED) is 0.819. The van der Waals surface area contributed by atoms with Gasteiger partial charge < -0.3 is 9.15 Å². The Morgan fingerprint density at radius 2 is 2.10 bits per heavy atom. The van der Waals surface area contributed by atoms with Crippen LogP contribution >= 0.6 is 0 Å². The van der Waals surface area contributed by atoms with Crippen LogP contribution in [0.15, 0.2) is 28.7 Å². The van der Waals surface area contributed by atoms with Crippen molar-refractivity contribution in [3.63, 3.8) is 0 Å². The molecule has 1 aliphatic rings. The normalized spacial score (nSPS) is 16.7. The van der Waals surface area contributed by atoms with E-state index in [4.69, 9.17) is 9.15 Å². The molecule has 1 aromatic heterocycles. The second-order valence-electron chi connectivity index (χ2n) is 5.39. The van der Waals surface area contributed by atoms with Crippen molar-refractivity contribution in [2.24, 2.45) is 0 Å². The molecule has 2 aromatic rings. The van der Waals surface area contributed by atoms with Gasteiger partial charge in [-0.3, -0.25) is 0 Å². The van der Waals surface area contributed by atoms with Crippen LogP contribution in [0.4, 0.5) is 0 Å². The molecule has 0 bridgehead atoms. The molecule has 0 spiro atoms. The van der Waals surface area contributed by atoms with Crippen molar-refractivity contribution < 1.29 is 9.15 Å². The summed E-state index contributed by atoms with van der Waals surface area (Å²) in [6.45, 7) is 4.10. The minimum absolute atomic E-state index is 0.169. The lowest BCUT2D eigenvalue weighted by Crippen LogP contribution is -2.09. The summed E-state index contributed by atoms with van der Waals surface area (Å²) in [4.78, 5) is 0. The van der Waals surface area contributed by atoms with Gasteiger partial charge in [-0.05, 0) is 37.8 Å². The predicted molar refractivity (Wildman–Crippen MR) is 75.7 cm³/mol. The lowest BCUT2D eigenvalue weighted by atomic mass is 9.85. The van der Waals surface area contributed by atoms with Gasteiger partial charge in [0.15, 0.2) is 6.10 Å². The van der Waals surface area contributed by atoms with E-state index in [9.17, 15) is 0 Å². The smallest absolute Gasteiger partial charge is 0.256 e. The number of hydrogen-bond acceptors (Lipinski definition) is 4. The standard InChI is InChI=1S/C16H20N2O2/c1-3-13(19-14-10-5-4-7-11(14)2)16-18-17-15(20-16)12-8-6-9-12/h4-5,7,10,12-13H,3,6,8-9H2,1-2H3/t13-/m0/s1. The second-order valence-corrected chi connectivity index (χ2v) is 5.39. The van der Waals surface area contributed by atoms with Gasteiger partial charge in [0.1, 0.15) is 5.75 Å². The first-order valence-corrected chi connectivity index (χ1v) is 7.33. The third-order valence-corrected chi connectivity index (χ3v) is 3.92. The molecular formula is C16H20N2O2. The lowest BCUT2D eigenvalue weighted by Gasteiger charge is -2.21. The molecule has 0 unspecified atom stereocenters. The van der Waals surface area contributed by atoms with Crippen LogP contribution in [0.1, 0.15) is 62.0 Å². The second kappa shape index (κ2) is 5.65. The zero-order chi connectivity index (χ0) is 13.9. The van der Waals surface area contributed by atoms with Gasteiger partial charge in [0.2, 0.25) is 5.89 Å². The molecule has 1 fully saturated rings. The fourth-order valence-corrected chi connectivity index (χ4v) is 2.35. The highest BCUT2D eigenvalue weighted by molar-refractivity contribution is 5.32. The fourth-order valence-electron chi connectivity index (χ4n) is 2.35. The van der Waals surface area contributed by atoms with E-state index in [2.05, 4.69) is 17.1 Å². The third kappa shape index (κ3) is 2.55. The molecule has 4 nitrogen and oxygen atoms in total. The molecule has 4 heteroatoms. The van der Waals surface area contributed by atoms with E-state index in [-0.39, 0.29) is 6.10 Å². The van der Waals surface area contributed by atoms with E-state index in [1.807, 2.05) is 31.2 Å². The molecule has 0 saturated heterocycles. The molecule has 0 amide bonds. The van der Waals surface area contributed by atoms with Gasteiger partial charge in [-0.2, -0.15) is 0 Å². The third-order valence-electron chi connectivity index (χ3n) is 3.92. The fraction of sp³-hybridized carbons (Fsp3) is 0.500. The minimum Gasteiger partial charge on any atom is -0.480 e. The van der Waals surface area contributed by atoms with E-state index >= 15 is 0 Å². The van der Waals surface area contributed by atoms with E-state index in [0.717, 1.165) is 36.5 Å². The molecule has 20 heavy (non-hydrogen) atoms. The van der Waals surface area contributed by atoms with Crippen LogP contribution < -0.4 is 4.74 Å². The van der Waals surface area contributed by atoms with Crippen LogP contribution in [0, 0.1) is 6.92 Å². The molecule has 3 rings (SSSR count). The first-order chi connectivity index (χ1) is 9.78. The average Bonchev–Trinajstić information content (AvgIpc) is 2.85. The molecule has 1 saturated carbocycles. The molecular weight excluding hydrogens is 252 g/mol. The van der Waals surface area contributed by atoms with Gasteiger partial charge in [-0.25, -0.2) is 0 Å². The van der Waals surface area contributed by atoms with E-state index in [0.29, 0.717) is 11.8 Å². The topological polar surface area (TPSA) is 48.2 Å². The summed E-state index contributed by atoms with van der Waals surface area (Å²) in [7, 11) is 0. The van der Waals surface area contributed by atoms with Crippen LogP contribution in [-0.2, 0) is 0 Å². The van der Waals surface area contributed by atoms with Gasteiger partial charge in [0.25, 0.3) is 5.89 Å². The summed E-state index contributed by atoms with van der Waals surface area (Å²) in [5, 5.41) is 8.35. The summed E-state index contributed by atoms with van der Waals surface area (Å²) in [5.74, 6) is 2.71. The van der Waals surface area contributed by atoms with Crippen LogP contribution in [0.5, 0.6) is 5.75 Å². The van der Waals surface area contributed by atoms with E-state index < -0.39 is 0 Å². The summed E-state index contributed by atoms with van der Waals surface area (Å²) in [6.07, 6.45) is 4.23. The predicted octanol–water partition coefficient (Wildman–Crippen LogP) is 4.18. The maximum Gasteiger partial charge on any atom is 0.256 e. The number of nitrogens with zero attached hydrogens (tertiary/aromatic N) is 2. The highest BCUT2D eigenvalue weighted by atomic mass is 16.5. The van der Waals surface area contributed by atoms with E-state index in [1.54, 1.807) is 0 Å². The lowest BCUT2D eigenvalue weighted by molar-refractivity contribution is 0.159. The summed E-state index contributed by atoms with van der Waals surface area (Å²) >= 11 is 0. The number of para-hydroxylation sites is 1. The Balaban J connectivity index is 1.76. The molecule has 1 aromatic carbocycles. The molecule has 1 aliphatic carbocycles. The maximum absolute atomic E-state index is 6.03. The summed E-state index contributed by atoms with van der Waals surface area (Å²) in [6, 6.07) is 7.99. The van der Waals surface area contributed by atoms with Crippen molar-refractivity contribution >= 4 is 0 Å². The first-order valence-electron chi connectivity index (χ1n) is 7.33. The van der Waals surface area contributed by atoms with Crippen molar-refractivity contribution in [3.8, 4) is 5.75 Å². The van der Waals surface area contributed by atoms with Gasteiger partial charge >= 0.3 is 0 Å². The van der Waals surface area contributed by atoms with Crippen LogP contribution in [0.3, 0.4) is 0 Å². The van der Waals surface area contributed by atoms with Gasteiger partial charge in [-0.1, -0.05) is 31.5 Å². The molecule has 1 heterocycles. The van der Waals surface area contributed by atoms with Gasteiger partial charge in [0.05, 0.1) is 0 Å². The molecule has 1 atom stereocenters. The largest absolute Gasteiger partial charge is 0.480 e. The minimum atomic E-state index is -0.169. The van der Waals surface area contributed by atoms with Crippen molar-refractivity contribution in [1.29, 1.82) is 0 Å². The van der Waals surface area contributed by atoms with Crippen molar-refractivity contribution in [3.05, 3.63) is 41.6 Å². The average molecular weight is 272 g/mol. The Hall–Kier alpha value is -1.84. The first kappa shape index (κ1) is 13.2. The number of rotatable bonds is 5. The number of aromatic nitrogens is 2. The molecule has 0 aliphatic heterocycles. The van der Waals surface area contributed by atoms with Crippen molar-refractivity contribution in [1.82, 2.24) is 10.2 Å². The number of hydrogen-bond donors (Lipinski definition) is 0. The molecule has 106 valence electrons. The molecule has 0 radical (unpaired) electrons. The zero-order valence-electron chi connectivity index (χ0n) is 12.0. The Kier molecular flexibility index (Phi) is 3.72. The van der Waals surface area contributed by atoms with Gasteiger partial charge in [0, 0.05) is 5.92 Å². The van der Waals surface area contributed by atoms with Crippen molar-refractivity contribution in [2.45, 2.75) is 51.6 Å². The zero-order valence-corrected chi connectivity index (χ0v) is 12.0. The Morgan fingerprint density at radius 1 is 1.30 bits per heavy atom. The maximum atomic E-state index is 6.03. The summed E-state index contributed by atoms with van der Waals surface area (Å²) < 4.78 is 11.8. The Bertz CT molecular complexity index is 575. The SMILES string of the molecule is CC[C@H](Oc1ccccc1C)c1nnc(C2CCC2)o1. The monoisotopic (exact) mass is 272 g/mol. The summed E-state index contributed by atoms with van der Waals surface area (Å²) in [5.41, 5.74) is 1.12. The van der Waals surface area contributed by atoms with Crippen molar-refractivity contribution in [2.75, 3.05) is 0 Å². The highest BCUT2D eigenvalue weighted by Crippen LogP contribution is 2.36. The number of benzene rings is 1. The van der Waals surface area contributed by atoms with Gasteiger partial charge in [-0.15, -0.1) is 10.2 Å². The Morgan fingerprint density at radius 3 is 2.75 bits per heavy atom.